The first-order valence-electron chi connectivity index (χ1n) is 5.73. The molecule has 2 nitrogen and oxygen atoms in total. The van der Waals surface area contributed by atoms with E-state index >= 15 is 0 Å². The highest BCUT2D eigenvalue weighted by atomic mass is 16.1. The van der Waals surface area contributed by atoms with E-state index in [4.69, 9.17) is 0 Å². The fraction of sp³-hybridized carbons (Fsp3) is 0.462. The normalized spacial score (nSPS) is 18.4. The predicted octanol–water partition coefficient (Wildman–Crippen LogP) is 2.64. The summed E-state index contributed by atoms with van der Waals surface area (Å²) in [6.07, 6.45) is 4.33. The van der Waals surface area contributed by atoms with Crippen molar-refractivity contribution >= 4 is 11.5 Å². The van der Waals surface area contributed by atoms with Gasteiger partial charge in [-0.1, -0.05) is 12.1 Å². The first-order chi connectivity index (χ1) is 7.33. The summed E-state index contributed by atoms with van der Waals surface area (Å²) in [5.74, 6) is 0.993. The zero-order chi connectivity index (χ0) is 10.3. The van der Waals surface area contributed by atoms with Crippen LogP contribution in [0.2, 0.25) is 0 Å². The molecule has 0 bridgehead atoms. The number of ketones is 1. The van der Waals surface area contributed by atoms with Gasteiger partial charge in [0.2, 0.25) is 0 Å². The highest BCUT2D eigenvalue weighted by molar-refractivity contribution is 5.97. The van der Waals surface area contributed by atoms with Crippen molar-refractivity contribution in [2.75, 3.05) is 11.9 Å². The monoisotopic (exact) mass is 201 g/mol. The van der Waals surface area contributed by atoms with Crippen molar-refractivity contribution in [3.8, 4) is 0 Å². The summed E-state index contributed by atoms with van der Waals surface area (Å²) in [6, 6.07) is 6.10. The number of hydrogen-bond donors (Lipinski definition) is 1. The smallest absolute Gasteiger partial charge is 0.163 e. The van der Waals surface area contributed by atoms with Gasteiger partial charge >= 0.3 is 0 Å². The summed E-state index contributed by atoms with van der Waals surface area (Å²) in [6.45, 7) is 1.01. The van der Waals surface area contributed by atoms with Gasteiger partial charge in [0.25, 0.3) is 0 Å². The largest absolute Gasteiger partial charge is 0.384 e. The summed E-state index contributed by atoms with van der Waals surface area (Å²) in [7, 11) is 0. The Labute approximate surface area is 89.7 Å². The van der Waals surface area contributed by atoms with Crippen LogP contribution in [0.4, 0.5) is 5.69 Å². The van der Waals surface area contributed by atoms with Gasteiger partial charge in [0.05, 0.1) is 0 Å². The van der Waals surface area contributed by atoms with Gasteiger partial charge in [-0.15, -0.1) is 0 Å². The van der Waals surface area contributed by atoms with Gasteiger partial charge in [-0.3, -0.25) is 4.79 Å². The zero-order valence-corrected chi connectivity index (χ0v) is 8.75. The van der Waals surface area contributed by atoms with Crippen molar-refractivity contribution in [2.45, 2.75) is 25.7 Å². The molecule has 1 aliphatic heterocycles. The summed E-state index contributed by atoms with van der Waals surface area (Å²) in [5, 5.41) is 3.31. The van der Waals surface area contributed by atoms with Crippen LogP contribution in [0, 0.1) is 5.92 Å². The van der Waals surface area contributed by atoms with E-state index < -0.39 is 0 Å². The minimum absolute atomic E-state index is 0.314. The lowest BCUT2D eigenvalue weighted by molar-refractivity contribution is 0.0976. The number of nitrogens with one attached hydrogen (secondary N) is 1. The molecule has 1 aromatic rings. The highest BCUT2D eigenvalue weighted by Crippen LogP contribution is 2.34. The van der Waals surface area contributed by atoms with E-state index in [0.717, 1.165) is 30.6 Å². The molecule has 2 heteroatoms. The average Bonchev–Trinajstić information content (AvgIpc) is 2.94. The molecule has 0 radical (unpaired) electrons. The second-order valence-electron chi connectivity index (χ2n) is 4.62. The van der Waals surface area contributed by atoms with E-state index in [9.17, 15) is 4.79 Å². The van der Waals surface area contributed by atoms with Crippen LogP contribution in [-0.4, -0.2) is 12.3 Å². The molecule has 0 spiro atoms. The summed E-state index contributed by atoms with van der Waals surface area (Å²) >= 11 is 0. The number of rotatable bonds is 3. The summed E-state index contributed by atoms with van der Waals surface area (Å²) in [5.41, 5.74) is 3.39. The maximum Gasteiger partial charge on any atom is 0.163 e. The molecule has 1 aliphatic carbocycles. The third kappa shape index (κ3) is 1.76. The molecular weight excluding hydrogens is 186 g/mol. The topological polar surface area (TPSA) is 29.1 Å². The average molecular weight is 201 g/mol. The van der Waals surface area contributed by atoms with Crippen LogP contribution >= 0.6 is 0 Å². The molecule has 1 heterocycles. The Balaban J connectivity index is 1.82. The van der Waals surface area contributed by atoms with Crippen LogP contribution < -0.4 is 5.32 Å². The lowest BCUT2D eigenvalue weighted by Gasteiger charge is -2.03. The van der Waals surface area contributed by atoms with E-state index in [1.807, 2.05) is 12.1 Å². The maximum absolute atomic E-state index is 11.9. The Hall–Kier alpha value is -1.31. The van der Waals surface area contributed by atoms with E-state index in [2.05, 4.69) is 11.4 Å². The molecule has 0 unspecified atom stereocenters. The molecule has 15 heavy (non-hydrogen) atoms. The fourth-order valence-electron chi connectivity index (χ4n) is 2.17. The number of carbonyl (C=O) groups excluding carboxylic acids is 1. The highest BCUT2D eigenvalue weighted by Gasteiger charge is 2.25. The Morgan fingerprint density at radius 3 is 3.07 bits per heavy atom. The van der Waals surface area contributed by atoms with Gasteiger partial charge in [0.1, 0.15) is 0 Å². The summed E-state index contributed by atoms with van der Waals surface area (Å²) < 4.78 is 0. The number of anilines is 1. The van der Waals surface area contributed by atoms with Gasteiger partial charge in [0.15, 0.2) is 5.78 Å². The number of benzene rings is 1. The van der Waals surface area contributed by atoms with E-state index in [-0.39, 0.29) is 0 Å². The maximum atomic E-state index is 11.9. The molecule has 78 valence electrons. The van der Waals surface area contributed by atoms with Crippen LogP contribution in [0.1, 0.15) is 35.2 Å². The van der Waals surface area contributed by atoms with E-state index in [1.54, 1.807) is 0 Å². The van der Waals surface area contributed by atoms with E-state index in [1.165, 1.54) is 18.4 Å². The number of Topliss-reactive ketones (excluding diaryl/α,β-unsaturated/α-hetero) is 1. The first kappa shape index (κ1) is 8.96. The van der Waals surface area contributed by atoms with Crippen LogP contribution in [0.25, 0.3) is 0 Å². The molecule has 2 aliphatic rings. The van der Waals surface area contributed by atoms with Crippen LogP contribution in [0.15, 0.2) is 18.2 Å². The molecule has 0 saturated heterocycles. The third-order valence-corrected chi connectivity index (χ3v) is 3.31. The van der Waals surface area contributed by atoms with Gasteiger partial charge in [-0.05, 0) is 36.8 Å². The summed E-state index contributed by atoms with van der Waals surface area (Å²) in [4.78, 5) is 11.9. The van der Waals surface area contributed by atoms with Gasteiger partial charge in [-0.25, -0.2) is 0 Å². The van der Waals surface area contributed by atoms with Gasteiger partial charge < -0.3 is 5.32 Å². The van der Waals surface area contributed by atoms with Gasteiger partial charge in [-0.2, -0.15) is 0 Å². The molecule has 1 fully saturated rings. The van der Waals surface area contributed by atoms with Crippen LogP contribution in [-0.2, 0) is 6.42 Å². The Morgan fingerprint density at radius 2 is 2.27 bits per heavy atom. The first-order valence-corrected chi connectivity index (χ1v) is 5.73. The standard InChI is InChI=1S/C13H15NO/c15-13(7-9-1-2-9)11-4-3-10-5-6-14-12(10)8-11/h3-4,8-9,14H,1-2,5-7H2. The molecule has 1 N–H and O–H groups in total. The van der Waals surface area contributed by atoms with Crippen molar-refractivity contribution in [3.63, 3.8) is 0 Å². The van der Waals surface area contributed by atoms with Crippen molar-refractivity contribution < 1.29 is 4.79 Å². The van der Waals surface area contributed by atoms with Crippen molar-refractivity contribution in [3.05, 3.63) is 29.3 Å². The zero-order valence-electron chi connectivity index (χ0n) is 8.75. The number of hydrogen-bond acceptors (Lipinski definition) is 2. The lowest BCUT2D eigenvalue weighted by Crippen LogP contribution is -2.00. The van der Waals surface area contributed by atoms with Crippen molar-refractivity contribution in [2.24, 2.45) is 5.92 Å². The second-order valence-corrected chi connectivity index (χ2v) is 4.62. The molecule has 1 aromatic carbocycles. The second kappa shape index (κ2) is 3.37. The minimum Gasteiger partial charge on any atom is -0.384 e. The molecule has 1 saturated carbocycles. The molecule has 3 rings (SSSR count). The Bertz CT molecular complexity index is 407. The minimum atomic E-state index is 0.314. The van der Waals surface area contributed by atoms with Crippen LogP contribution in [0.5, 0.6) is 0 Å². The third-order valence-electron chi connectivity index (χ3n) is 3.31. The predicted molar refractivity (Wildman–Crippen MR) is 60.3 cm³/mol. The number of fused-ring (bicyclic) bond motifs is 1. The van der Waals surface area contributed by atoms with Gasteiger partial charge in [0, 0.05) is 24.2 Å². The Kier molecular flexibility index (Phi) is 2.01. The molecule has 0 amide bonds. The van der Waals surface area contributed by atoms with Crippen LogP contribution in [0.3, 0.4) is 0 Å². The molecule has 0 atom stereocenters. The fourth-order valence-corrected chi connectivity index (χ4v) is 2.17. The lowest BCUT2D eigenvalue weighted by atomic mass is 10.0. The number of carbonyl (C=O) groups is 1. The SMILES string of the molecule is O=C(CC1CC1)c1ccc2c(c1)NCC2. The van der Waals surface area contributed by atoms with Crippen molar-refractivity contribution in [1.29, 1.82) is 0 Å². The quantitative estimate of drug-likeness (QED) is 0.762. The van der Waals surface area contributed by atoms with E-state index in [0.29, 0.717) is 11.7 Å². The molecular formula is C13H15NO. The van der Waals surface area contributed by atoms with Crippen molar-refractivity contribution in [1.82, 2.24) is 0 Å². The molecule has 0 aromatic heterocycles. The Morgan fingerprint density at radius 1 is 1.40 bits per heavy atom.